The summed E-state index contributed by atoms with van der Waals surface area (Å²) in [6.07, 6.45) is 1.73. The van der Waals surface area contributed by atoms with Gasteiger partial charge in [0.1, 0.15) is 5.52 Å². The Morgan fingerprint density at radius 2 is 2.44 bits per heavy atom. The smallest absolute Gasteiger partial charge is 0.406 e. The number of oxazole rings is 1. The van der Waals surface area contributed by atoms with Gasteiger partial charge in [0.15, 0.2) is 12.0 Å². The molecule has 84 valence electrons. The molecule has 0 radical (unpaired) electrons. The zero-order valence-electron chi connectivity index (χ0n) is 8.90. The van der Waals surface area contributed by atoms with Gasteiger partial charge in [-0.2, -0.15) is 0 Å². The SMILES string of the molecule is COC(=O)NCCc1ccc2ncoc2c1. The first-order valence-corrected chi connectivity index (χ1v) is 4.93. The number of carbonyl (C=O) groups is 1. The maximum Gasteiger partial charge on any atom is 0.406 e. The van der Waals surface area contributed by atoms with Crippen molar-refractivity contribution in [1.82, 2.24) is 10.3 Å². The zero-order valence-corrected chi connectivity index (χ0v) is 8.90. The van der Waals surface area contributed by atoms with E-state index in [1.54, 1.807) is 0 Å². The van der Waals surface area contributed by atoms with Crippen molar-refractivity contribution in [3.63, 3.8) is 0 Å². The van der Waals surface area contributed by atoms with Crippen LogP contribution in [0.15, 0.2) is 29.0 Å². The third-order valence-electron chi connectivity index (χ3n) is 2.26. The fourth-order valence-electron chi connectivity index (χ4n) is 1.44. The van der Waals surface area contributed by atoms with E-state index in [-0.39, 0.29) is 0 Å². The zero-order chi connectivity index (χ0) is 11.4. The number of hydrogen-bond acceptors (Lipinski definition) is 4. The molecule has 0 bridgehead atoms. The van der Waals surface area contributed by atoms with Gasteiger partial charge in [-0.05, 0) is 24.1 Å². The lowest BCUT2D eigenvalue weighted by Crippen LogP contribution is -2.25. The topological polar surface area (TPSA) is 64.4 Å². The summed E-state index contributed by atoms with van der Waals surface area (Å²) in [4.78, 5) is 14.8. The summed E-state index contributed by atoms with van der Waals surface area (Å²) in [6, 6.07) is 5.78. The highest BCUT2D eigenvalue weighted by Crippen LogP contribution is 2.14. The lowest BCUT2D eigenvalue weighted by Gasteiger charge is -2.03. The summed E-state index contributed by atoms with van der Waals surface area (Å²) in [6.45, 7) is 0.534. The molecule has 1 N–H and O–H groups in total. The van der Waals surface area contributed by atoms with Crippen LogP contribution in [-0.2, 0) is 11.2 Å². The number of alkyl carbamates (subject to hydrolysis) is 1. The Bertz CT molecular complexity index is 493. The Balaban J connectivity index is 1.96. The monoisotopic (exact) mass is 220 g/mol. The molecule has 0 aliphatic rings. The Morgan fingerprint density at radius 3 is 3.25 bits per heavy atom. The molecule has 0 fully saturated rings. The van der Waals surface area contributed by atoms with Crippen LogP contribution in [-0.4, -0.2) is 24.7 Å². The number of nitrogens with one attached hydrogen (secondary N) is 1. The summed E-state index contributed by atoms with van der Waals surface area (Å²) in [5, 5.41) is 2.62. The van der Waals surface area contributed by atoms with Gasteiger partial charge in [0.05, 0.1) is 7.11 Å². The second-order valence-electron chi connectivity index (χ2n) is 3.32. The number of carbonyl (C=O) groups excluding carboxylic acids is 1. The first-order valence-electron chi connectivity index (χ1n) is 4.93. The van der Waals surface area contributed by atoms with E-state index < -0.39 is 6.09 Å². The standard InChI is InChI=1S/C11H12N2O3/c1-15-11(14)12-5-4-8-2-3-9-10(6-8)16-7-13-9/h2-3,6-7H,4-5H2,1H3,(H,12,14). The predicted octanol–water partition coefficient (Wildman–Crippen LogP) is 1.73. The molecule has 2 rings (SSSR count). The van der Waals surface area contributed by atoms with E-state index in [0.717, 1.165) is 23.1 Å². The van der Waals surface area contributed by atoms with Crippen LogP contribution in [0.2, 0.25) is 0 Å². The first-order chi connectivity index (χ1) is 7.79. The number of fused-ring (bicyclic) bond motifs is 1. The molecule has 0 unspecified atom stereocenters. The Hall–Kier alpha value is -2.04. The normalized spacial score (nSPS) is 10.3. The number of hydrogen-bond donors (Lipinski definition) is 1. The fraction of sp³-hybridized carbons (Fsp3) is 0.273. The van der Waals surface area contributed by atoms with Gasteiger partial charge in [-0.25, -0.2) is 9.78 Å². The van der Waals surface area contributed by atoms with Crippen molar-refractivity contribution in [2.24, 2.45) is 0 Å². The van der Waals surface area contributed by atoms with Crippen LogP contribution in [0.4, 0.5) is 4.79 Å². The second kappa shape index (κ2) is 4.65. The summed E-state index contributed by atoms with van der Waals surface area (Å²) in [5.41, 5.74) is 2.68. The van der Waals surface area contributed by atoms with Crippen molar-refractivity contribution >= 4 is 17.2 Å². The summed E-state index contributed by atoms with van der Waals surface area (Å²) >= 11 is 0. The lowest BCUT2D eigenvalue weighted by molar-refractivity contribution is 0.171. The summed E-state index contributed by atoms with van der Waals surface area (Å²) in [5.74, 6) is 0. The number of methoxy groups -OCH3 is 1. The maximum atomic E-state index is 10.8. The number of nitrogens with zero attached hydrogens (tertiary/aromatic N) is 1. The summed E-state index contributed by atoms with van der Waals surface area (Å²) in [7, 11) is 1.34. The van der Waals surface area contributed by atoms with Crippen molar-refractivity contribution < 1.29 is 13.9 Å². The fourth-order valence-corrected chi connectivity index (χ4v) is 1.44. The molecular formula is C11H12N2O3. The van der Waals surface area contributed by atoms with Gasteiger partial charge >= 0.3 is 6.09 Å². The molecule has 0 saturated heterocycles. The van der Waals surface area contributed by atoms with E-state index in [4.69, 9.17) is 4.42 Å². The van der Waals surface area contributed by atoms with Crippen molar-refractivity contribution in [1.29, 1.82) is 0 Å². The van der Waals surface area contributed by atoms with Gasteiger partial charge in [-0.3, -0.25) is 0 Å². The molecule has 5 nitrogen and oxygen atoms in total. The number of amides is 1. The predicted molar refractivity (Wildman–Crippen MR) is 58.1 cm³/mol. The van der Waals surface area contributed by atoms with Crippen molar-refractivity contribution in [2.45, 2.75) is 6.42 Å². The number of rotatable bonds is 3. The minimum absolute atomic E-state index is 0.416. The molecule has 2 aromatic rings. The minimum Gasteiger partial charge on any atom is -0.453 e. The van der Waals surface area contributed by atoms with Crippen LogP contribution >= 0.6 is 0 Å². The van der Waals surface area contributed by atoms with E-state index >= 15 is 0 Å². The quantitative estimate of drug-likeness (QED) is 0.855. The Kier molecular flexibility index (Phi) is 3.05. The third-order valence-corrected chi connectivity index (χ3v) is 2.26. The van der Waals surface area contributed by atoms with E-state index in [0.29, 0.717) is 6.54 Å². The average molecular weight is 220 g/mol. The molecule has 5 heteroatoms. The van der Waals surface area contributed by atoms with Crippen LogP contribution in [0.3, 0.4) is 0 Å². The Labute approximate surface area is 92.4 Å². The van der Waals surface area contributed by atoms with Gasteiger partial charge in [-0.15, -0.1) is 0 Å². The van der Waals surface area contributed by atoms with Crippen LogP contribution in [0.1, 0.15) is 5.56 Å². The molecule has 1 aromatic heterocycles. The highest BCUT2D eigenvalue weighted by Gasteiger charge is 2.01. The average Bonchev–Trinajstić information content (AvgIpc) is 2.76. The van der Waals surface area contributed by atoms with Crippen molar-refractivity contribution in [2.75, 3.05) is 13.7 Å². The van der Waals surface area contributed by atoms with Crippen molar-refractivity contribution in [3.8, 4) is 0 Å². The number of benzene rings is 1. The Morgan fingerprint density at radius 1 is 1.56 bits per heavy atom. The van der Waals surface area contributed by atoms with Gasteiger partial charge in [0.2, 0.25) is 0 Å². The molecular weight excluding hydrogens is 208 g/mol. The molecule has 0 saturated carbocycles. The summed E-state index contributed by atoms with van der Waals surface area (Å²) < 4.78 is 9.65. The molecule has 16 heavy (non-hydrogen) atoms. The lowest BCUT2D eigenvalue weighted by atomic mass is 10.1. The largest absolute Gasteiger partial charge is 0.453 e. The molecule has 1 amide bonds. The minimum atomic E-state index is -0.416. The number of aromatic nitrogens is 1. The van der Waals surface area contributed by atoms with Gasteiger partial charge in [-0.1, -0.05) is 6.07 Å². The van der Waals surface area contributed by atoms with Gasteiger partial charge in [0.25, 0.3) is 0 Å². The number of ether oxygens (including phenoxy) is 1. The van der Waals surface area contributed by atoms with Gasteiger partial charge < -0.3 is 14.5 Å². The highest BCUT2D eigenvalue weighted by atomic mass is 16.5. The van der Waals surface area contributed by atoms with E-state index in [2.05, 4.69) is 15.0 Å². The molecule has 0 aliphatic heterocycles. The molecule has 1 heterocycles. The molecule has 0 aliphatic carbocycles. The van der Waals surface area contributed by atoms with Crippen LogP contribution < -0.4 is 5.32 Å². The second-order valence-corrected chi connectivity index (χ2v) is 3.32. The van der Waals surface area contributed by atoms with Crippen LogP contribution in [0.25, 0.3) is 11.1 Å². The first kappa shape index (κ1) is 10.5. The van der Waals surface area contributed by atoms with Crippen LogP contribution in [0.5, 0.6) is 0 Å². The third kappa shape index (κ3) is 2.31. The van der Waals surface area contributed by atoms with Crippen LogP contribution in [0, 0.1) is 0 Å². The molecule has 0 atom stereocenters. The van der Waals surface area contributed by atoms with E-state index in [1.807, 2.05) is 18.2 Å². The molecule has 0 spiro atoms. The maximum absolute atomic E-state index is 10.8. The van der Waals surface area contributed by atoms with E-state index in [1.165, 1.54) is 13.5 Å². The van der Waals surface area contributed by atoms with E-state index in [9.17, 15) is 4.79 Å². The highest BCUT2D eigenvalue weighted by molar-refractivity contribution is 5.72. The van der Waals surface area contributed by atoms with Crippen molar-refractivity contribution in [3.05, 3.63) is 30.2 Å². The van der Waals surface area contributed by atoms with Gasteiger partial charge in [0, 0.05) is 6.54 Å². The molecule has 1 aromatic carbocycles.